The Morgan fingerprint density at radius 3 is 1.93 bits per heavy atom. The first-order valence-corrected chi connectivity index (χ1v) is 9.65. The average Bonchev–Trinajstić information content (AvgIpc) is 2.79. The number of aryl methyl sites for hydroxylation is 1. The van der Waals surface area contributed by atoms with Gasteiger partial charge >= 0.3 is 0 Å². The SMILES string of the molecule is COc1cc(OC)cc(-c2c(-c3ccccc3)cnc(C)c2-c2ccc(F)cc2)c1. The molecule has 3 nitrogen and oxygen atoms in total. The zero-order valence-corrected chi connectivity index (χ0v) is 17.1. The molecule has 0 saturated carbocycles. The van der Waals surface area contributed by atoms with Crippen molar-refractivity contribution in [3.05, 3.63) is 90.5 Å². The van der Waals surface area contributed by atoms with Crippen LogP contribution in [0.15, 0.2) is 79.0 Å². The highest BCUT2D eigenvalue weighted by Gasteiger charge is 2.19. The summed E-state index contributed by atoms with van der Waals surface area (Å²) in [5, 5.41) is 0. The van der Waals surface area contributed by atoms with Gasteiger partial charge in [0, 0.05) is 34.6 Å². The summed E-state index contributed by atoms with van der Waals surface area (Å²) in [5.74, 6) is 1.12. The topological polar surface area (TPSA) is 31.4 Å². The molecule has 0 amide bonds. The molecule has 0 N–H and O–H groups in total. The standard InChI is InChI=1S/C26H22FNO2/c1-17-25(19-9-11-21(27)12-10-19)26(20-13-22(29-2)15-23(14-20)30-3)24(16-28-17)18-7-5-4-6-8-18/h4-16H,1-3H3. The molecular weight excluding hydrogens is 377 g/mol. The van der Waals surface area contributed by atoms with Crippen molar-refractivity contribution in [3.8, 4) is 44.9 Å². The molecule has 0 spiro atoms. The van der Waals surface area contributed by atoms with Crippen LogP contribution >= 0.6 is 0 Å². The van der Waals surface area contributed by atoms with Crippen LogP contribution in [0.25, 0.3) is 33.4 Å². The Bertz CT molecular complexity index is 1150. The molecule has 30 heavy (non-hydrogen) atoms. The van der Waals surface area contributed by atoms with Crippen molar-refractivity contribution < 1.29 is 13.9 Å². The highest BCUT2D eigenvalue weighted by molar-refractivity contribution is 5.95. The summed E-state index contributed by atoms with van der Waals surface area (Å²) in [5.41, 5.74) is 6.68. The third-order valence-electron chi connectivity index (χ3n) is 5.13. The molecule has 0 radical (unpaired) electrons. The van der Waals surface area contributed by atoms with E-state index in [9.17, 15) is 4.39 Å². The molecule has 1 heterocycles. The van der Waals surface area contributed by atoms with Crippen LogP contribution in [0.4, 0.5) is 4.39 Å². The highest BCUT2D eigenvalue weighted by Crippen LogP contribution is 2.43. The van der Waals surface area contributed by atoms with Crippen LogP contribution in [-0.4, -0.2) is 19.2 Å². The highest BCUT2D eigenvalue weighted by atomic mass is 19.1. The second-order valence-electron chi connectivity index (χ2n) is 6.98. The third kappa shape index (κ3) is 3.77. The molecule has 3 aromatic carbocycles. The summed E-state index contributed by atoms with van der Waals surface area (Å²) in [6.07, 6.45) is 1.89. The van der Waals surface area contributed by atoms with Crippen molar-refractivity contribution >= 4 is 0 Å². The van der Waals surface area contributed by atoms with Gasteiger partial charge in [-0.25, -0.2) is 4.39 Å². The zero-order valence-electron chi connectivity index (χ0n) is 17.1. The maximum atomic E-state index is 13.6. The Morgan fingerprint density at radius 2 is 1.33 bits per heavy atom. The molecule has 4 heteroatoms. The number of aromatic nitrogens is 1. The molecule has 0 saturated heterocycles. The normalized spacial score (nSPS) is 10.7. The number of pyridine rings is 1. The van der Waals surface area contributed by atoms with Gasteiger partial charge in [0.1, 0.15) is 17.3 Å². The maximum absolute atomic E-state index is 13.6. The molecule has 4 rings (SSSR count). The number of nitrogens with zero attached hydrogens (tertiary/aromatic N) is 1. The Labute approximate surface area is 175 Å². The van der Waals surface area contributed by atoms with Gasteiger partial charge in [-0.15, -0.1) is 0 Å². The van der Waals surface area contributed by atoms with Gasteiger partial charge in [0.05, 0.1) is 14.2 Å². The van der Waals surface area contributed by atoms with Crippen LogP contribution in [0.5, 0.6) is 11.5 Å². The number of halogens is 1. The van der Waals surface area contributed by atoms with E-state index in [4.69, 9.17) is 9.47 Å². The Hall–Kier alpha value is -3.66. The number of benzene rings is 3. The minimum atomic E-state index is -0.270. The molecule has 0 bridgehead atoms. The fourth-order valence-electron chi connectivity index (χ4n) is 3.66. The molecule has 1 aromatic heterocycles. The van der Waals surface area contributed by atoms with Crippen molar-refractivity contribution in [1.82, 2.24) is 4.98 Å². The largest absolute Gasteiger partial charge is 0.497 e. The molecule has 150 valence electrons. The molecule has 0 aliphatic carbocycles. The van der Waals surface area contributed by atoms with E-state index in [1.54, 1.807) is 26.4 Å². The van der Waals surface area contributed by atoms with E-state index < -0.39 is 0 Å². The van der Waals surface area contributed by atoms with Crippen LogP contribution < -0.4 is 9.47 Å². The van der Waals surface area contributed by atoms with Gasteiger partial charge in [-0.3, -0.25) is 4.98 Å². The van der Waals surface area contributed by atoms with E-state index in [1.165, 1.54) is 12.1 Å². The first-order valence-electron chi connectivity index (χ1n) is 9.65. The predicted octanol–water partition coefficient (Wildman–Crippen LogP) is 6.55. The van der Waals surface area contributed by atoms with Gasteiger partial charge in [0.2, 0.25) is 0 Å². The number of methoxy groups -OCH3 is 2. The smallest absolute Gasteiger partial charge is 0.123 e. The van der Waals surface area contributed by atoms with Crippen molar-refractivity contribution in [2.45, 2.75) is 6.92 Å². The fraction of sp³-hybridized carbons (Fsp3) is 0.115. The summed E-state index contributed by atoms with van der Waals surface area (Å²) >= 11 is 0. The van der Waals surface area contributed by atoms with E-state index in [2.05, 4.69) is 17.1 Å². The molecule has 0 aliphatic rings. The van der Waals surface area contributed by atoms with Gasteiger partial charge in [-0.05, 0) is 47.9 Å². The predicted molar refractivity (Wildman–Crippen MR) is 118 cm³/mol. The van der Waals surface area contributed by atoms with Crippen molar-refractivity contribution in [2.24, 2.45) is 0 Å². The lowest BCUT2D eigenvalue weighted by molar-refractivity contribution is 0.394. The second-order valence-corrected chi connectivity index (χ2v) is 6.98. The van der Waals surface area contributed by atoms with Crippen LogP contribution in [-0.2, 0) is 0 Å². The monoisotopic (exact) mass is 399 g/mol. The number of hydrogen-bond acceptors (Lipinski definition) is 3. The maximum Gasteiger partial charge on any atom is 0.123 e. The zero-order chi connectivity index (χ0) is 21.1. The molecular formula is C26H22FNO2. The van der Waals surface area contributed by atoms with E-state index in [0.29, 0.717) is 11.5 Å². The van der Waals surface area contributed by atoms with Crippen molar-refractivity contribution in [2.75, 3.05) is 14.2 Å². The first-order chi connectivity index (χ1) is 14.6. The van der Waals surface area contributed by atoms with Gasteiger partial charge < -0.3 is 9.47 Å². The second kappa shape index (κ2) is 8.37. The van der Waals surface area contributed by atoms with Crippen LogP contribution in [0.3, 0.4) is 0 Å². The Morgan fingerprint density at radius 1 is 0.700 bits per heavy atom. The lowest BCUT2D eigenvalue weighted by Crippen LogP contribution is -1.98. The summed E-state index contributed by atoms with van der Waals surface area (Å²) < 4.78 is 24.6. The summed E-state index contributed by atoms with van der Waals surface area (Å²) in [6.45, 7) is 1.97. The summed E-state index contributed by atoms with van der Waals surface area (Å²) in [7, 11) is 3.27. The van der Waals surface area contributed by atoms with Gasteiger partial charge in [-0.2, -0.15) is 0 Å². The van der Waals surface area contributed by atoms with Crippen LogP contribution in [0.2, 0.25) is 0 Å². The summed E-state index contributed by atoms with van der Waals surface area (Å²) in [6, 6.07) is 22.4. The van der Waals surface area contributed by atoms with Gasteiger partial charge in [0.15, 0.2) is 0 Å². The van der Waals surface area contributed by atoms with Crippen molar-refractivity contribution in [1.29, 1.82) is 0 Å². The molecule has 0 fully saturated rings. The molecule has 0 atom stereocenters. The minimum absolute atomic E-state index is 0.270. The quantitative estimate of drug-likeness (QED) is 0.381. The number of ether oxygens (including phenoxy) is 2. The Balaban J connectivity index is 2.08. The third-order valence-corrected chi connectivity index (χ3v) is 5.13. The summed E-state index contributed by atoms with van der Waals surface area (Å²) in [4.78, 5) is 4.67. The average molecular weight is 399 g/mol. The molecule has 0 aliphatic heterocycles. The van der Waals surface area contributed by atoms with Gasteiger partial charge in [-0.1, -0.05) is 42.5 Å². The van der Waals surface area contributed by atoms with Crippen LogP contribution in [0.1, 0.15) is 5.69 Å². The van der Waals surface area contributed by atoms with Gasteiger partial charge in [0.25, 0.3) is 0 Å². The fourth-order valence-corrected chi connectivity index (χ4v) is 3.66. The van der Waals surface area contributed by atoms with Crippen molar-refractivity contribution in [3.63, 3.8) is 0 Å². The lowest BCUT2D eigenvalue weighted by Gasteiger charge is -2.19. The van der Waals surface area contributed by atoms with E-state index in [1.807, 2.05) is 49.5 Å². The molecule has 4 aromatic rings. The van der Waals surface area contributed by atoms with E-state index in [0.717, 1.165) is 39.1 Å². The molecule has 0 unspecified atom stereocenters. The first kappa shape index (κ1) is 19.6. The number of hydrogen-bond donors (Lipinski definition) is 0. The lowest BCUT2D eigenvalue weighted by atomic mass is 9.87. The van der Waals surface area contributed by atoms with E-state index >= 15 is 0 Å². The number of rotatable bonds is 5. The van der Waals surface area contributed by atoms with E-state index in [-0.39, 0.29) is 5.82 Å². The van der Waals surface area contributed by atoms with Crippen LogP contribution in [0, 0.1) is 12.7 Å². The Kier molecular flexibility index (Phi) is 5.48. The minimum Gasteiger partial charge on any atom is -0.497 e.